The number of carboxylic acids is 1. The second-order valence-electron chi connectivity index (χ2n) is 5.62. The molecule has 4 nitrogen and oxygen atoms in total. The van der Waals surface area contributed by atoms with Crippen molar-refractivity contribution in [1.82, 2.24) is 9.78 Å². The van der Waals surface area contributed by atoms with E-state index < -0.39 is 21.1 Å². The maximum absolute atomic E-state index is 12.8. The first-order valence-corrected chi connectivity index (χ1v) is 9.69. The summed E-state index contributed by atoms with van der Waals surface area (Å²) in [4.78, 5) is 9.49. The highest BCUT2D eigenvalue weighted by molar-refractivity contribution is 9.10. The normalized spacial score (nSPS) is 14.9. The molecule has 0 unspecified atom stereocenters. The Morgan fingerprint density at radius 3 is 2.15 bits per heavy atom. The maximum atomic E-state index is 12.8. The van der Waals surface area contributed by atoms with Crippen LogP contribution in [-0.4, -0.2) is 20.9 Å². The van der Waals surface area contributed by atoms with Crippen LogP contribution in [0.1, 0.15) is 15.9 Å². The molecule has 1 N–H and O–H groups in total. The van der Waals surface area contributed by atoms with Gasteiger partial charge in [0.1, 0.15) is 9.50 Å². The number of aromatic nitrogens is 2. The van der Waals surface area contributed by atoms with Gasteiger partial charge in [-0.3, -0.25) is 0 Å². The van der Waals surface area contributed by atoms with Gasteiger partial charge >= 0.3 is 16.2 Å². The molecular weight excluding hydrogens is 447 g/mol. The summed E-state index contributed by atoms with van der Waals surface area (Å²) >= 11 is 3.14. The number of halogens is 6. The Morgan fingerprint density at radius 2 is 1.65 bits per heavy atom. The van der Waals surface area contributed by atoms with Gasteiger partial charge in [0.25, 0.3) is 0 Å². The van der Waals surface area contributed by atoms with E-state index in [9.17, 15) is 29.3 Å². The van der Waals surface area contributed by atoms with E-state index in [1.807, 2.05) is 0 Å². The zero-order valence-corrected chi connectivity index (χ0v) is 15.3. The Kier molecular flexibility index (Phi) is 3.57. The van der Waals surface area contributed by atoms with Crippen LogP contribution in [0, 0.1) is 6.92 Å². The molecule has 2 aromatic carbocycles. The third-order valence-electron chi connectivity index (χ3n) is 3.75. The molecule has 11 heteroatoms. The van der Waals surface area contributed by atoms with Crippen molar-refractivity contribution in [3.05, 3.63) is 52.1 Å². The number of benzene rings is 2. The second kappa shape index (κ2) is 4.97. The van der Waals surface area contributed by atoms with Gasteiger partial charge in [-0.15, -0.1) is 0 Å². The topological polar surface area (TPSA) is 55.1 Å². The number of aryl methyl sites for hydroxylation is 1. The molecule has 0 aliphatic rings. The molecule has 0 saturated heterocycles. The predicted octanol–water partition coefficient (Wildman–Crippen LogP) is 6.45. The highest BCUT2D eigenvalue weighted by Crippen LogP contribution is 3.02. The summed E-state index contributed by atoms with van der Waals surface area (Å²) in [6, 6.07) is 5.35. The summed E-state index contributed by atoms with van der Waals surface area (Å²) < 4.78 is 65.5. The second-order valence-corrected chi connectivity index (χ2v) is 8.78. The zero-order valence-electron chi connectivity index (χ0n) is 12.9. The largest absolute Gasteiger partial charge is 0.478 e. The first-order valence-electron chi connectivity index (χ1n) is 6.95. The third kappa shape index (κ3) is 3.16. The van der Waals surface area contributed by atoms with Crippen LogP contribution >= 0.6 is 26.2 Å². The van der Waals surface area contributed by atoms with Gasteiger partial charge < -0.3 is 5.11 Å². The van der Waals surface area contributed by atoms with Crippen molar-refractivity contribution in [2.45, 2.75) is 11.8 Å². The van der Waals surface area contributed by atoms with E-state index in [1.165, 1.54) is 10.7 Å². The number of nitrogens with zero attached hydrogens (tertiary/aromatic N) is 2. The van der Waals surface area contributed by atoms with Gasteiger partial charge in [0.05, 0.1) is 16.8 Å². The maximum Gasteiger partial charge on any atom is 0.336 e. The lowest BCUT2D eigenvalue weighted by molar-refractivity contribution is 0.0698. The molecule has 0 bridgehead atoms. The van der Waals surface area contributed by atoms with Crippen LogP contribution in [0.3, 0.4) is 0 Å². The van der Waals surface area contributed by atoms with Crippen LogP contribution in [0.25, 0.3) is 16.6 Å². The van der Waals surface area contributed by atoms with Crippen molar-refractivity contribution < 1.29 is 29.3 Å². The van der Waals surface area contributed by atoms with Crippen LogP contribution in [-0.2, 0) is 0 Å². The Bertz CT molecular complexity index is 1060. The molecule has 140 valence electrons. The molecule has 26 heavy (non-hydrogen) atoms. The van der Waals surface area contributed by atoms with E-state index in [0.717, 1.165) is 12.1 Å². The first-order chi connectivity index (χ1) is 11.7. The molecule has 0 fully saturated rings. The minimum Gasteiger partial charge on any atom is -0.478 e. The molecule has 0 aliphatic heterocycles. The molecule has 0 saturated carbocycles. The Balaban J connectivity index is 2.22. The van der Waals surface area contributed by atoms with Crippen molar-refractivity contribution in [1.29, 1.82) is 0 Å². The van der Waals surface area contributed by atoms with Crippen LogP contribution in [0.2, 0.25) is 0 Å². The fourth-order valence-corrected chi connectivity index (χ4v) is 3.80. The molecule has 3 aromatic rings. The van der Waals surface area contributed by atoms with Crippen molar-refractivity contribution >= 4 is 43.0 Å². The van der Waals surface area contributed by atoms with Gasteiger partial charge in [-0.1, -0.05) is 25.5 Å². The number of fused-ring (bicyclic) bond motifs is 1. The quantitative estimate of drug-likeness (QED) is 0.460. The highest BCUT2D eigenvalue weighted by Gasteiger charge is 2.65. The van der Waals surface area contributed by atoms with Crippen LogP contribution in [0.15, 0.2) is 45.9 Å². The highest BCUT2D eigenvalue weighted by atomic mass is 79.9. The van der Waals surface area contributed by atoms with Crippen molar-refractivity contribution in [3.63, 3.8) is 0 Å². The van der Waals surface area contributed by atoms with Crippen LogP contribution < -0.4 is 0 Å². The fourth-order valence-electron chi connectivity index (χ4n) is 2.59. The Labute approximate surface area is 152 Å². The summed E-state index contributed by atoms with van der Waals surface area (Å²) in [6.07, 6.45) is 0. The first kappa shape index (κ1) is 18.6. The van der Waals surface area contributed by atoms with E-state index >= 15 is 0 Å². The number of carboxylic acid groups (broad SMARTS) is 1. The van der Waals surface area contributed by atoms with Crippen LogP contribution in [0.5, 0.6) is 0 Å². The van der Waals surface area contributed by atoms with Gasteiger partial charge in [-0.25, -0.2) is 9.48 Å². The summed E-state index contributed by atoms with van der Waals surface area (Å²) in [7, 11) is -9.76. The monoisotopic (exact) mass is 456 g/mol. The lowest BCUT2D eigenvalue weighted by Crippen LogP contribution is -2.06. The van der Waals surface area contributed by atoms with Crippen molar-refractivity contribution in [3.8, 4) is 5.69 Å². The van der Waals surface area contributed by atoms with Crippen molar-refractivity contribution in [2.75, 3.05) is 0 Å². The summed E-state index contributed by atoms with van der Waals surface area (Å²) in [5.41, 5.74) is 0.845. The number of rotatable bonds is 3. The molecular formula is C15H10BrF5N2O2S. The summed E-state index contributed by atoms with van der Waals surface area (Å²) in [6.45, 7) is 1.59. The van der Waals surface area contributed by atoms with E-state index in [1.54, 1.807) is 13.0 Å². The molecule has 0 aliphatic carbocycles. The van der Waals surface area contributed by atoms with E-state index in [2.05, 4.69) is 21.0 Å². The SMILES string of the molecule is Cc1ccc2c(c(Br)nn2-c2ccc(S(F)(F)(F)(F)F)cc2)c1C(=O)O. The third-order valence-corrected chi connectivity index (χ3v) is 5.47. The van der Waals surface area contributed by atoms with Crippen molar-refractivity contribution in [2.24, 2.45) is 0 Å². The molecule has 0 radical (unpaired) electrons. The zero-order chi connectivity index (χ0) is 19.6. The van der Waals surface area contributed by atoms with Crippen LogP contribution in [0.4, 0.5) is 19.4 Å². The lowest BCUT2D eigenvalue weighted by atomic mass is 10.0. The molecule has 0 spiro atoms. The van der Waals surface area contributed by atoms with Gasteiger partial charge in [0.15, 0.2) is 0 Å². The van der Waals surface area contributed by atoms with E-state index in [-0.39, 0.29) is 33.4 Å². The van der Waals surface area contributed by atoms with Gasteiger partial charge in [0, 0.05) is 5.39 Å². The smallest absolute Gasteiger partial charge is 0.336 e. The Hall–Kier alpha value is -2.14. The van der Waals surface area contributed by atoms with Gasteiger partial charge in [-0.05, 0) is 58.7 Å². The minimum absolute atomic E-state index is 0.00995. The van der Waals surface area contributed by atoms with Gasteiger partial charge in [0.2, 0.25) is 0 Å². The number of carbonyl (C=O) groups is 1. The molecule has 0 atom stereocenters. The molecule has 1 heterocycles. The minimum atomic E-state index is -9.76. The molecule has 1 aromatic heterocycles. The molecule has 3 rings (SSSR count). The van der Waals surface area contributed by atoms with E-state index in [4.69, 9.17) is 0 Å². The standard InChI is InChI=1S/C15H10BrF5N2O2S/c1-8-2-7-11-13(12(8)15(24)25)14(16)22-23(11)9-3-5-10(6-4-9)26(17,18,19,20)21/h2-7H,1H3,(H,24,25). The fraction of sp³-hybridized carbons (Fsp3) is 0.0667. The summed E-state index contributed by atoms with van der Waals surface area (Å²) in [5.74, 6) is -1.19. The molecule has 0 amide bonds. The summed E-state index contributed by atoms with van der Waals surface area (Å²) in [5, 5.41) is 13.7. The number of hydrogen-bond donors (Lipinski definition) is 1. The van der Waals surface area contributed by atoms with E-state index in [0.29, 0.717) is 11.1 Å². The number of aromatic carboxylic acids is 1. The van der Waals surface area contributed by atoms with Gasteiger partial charge in [-0.2, -0.15) is 5.10 Å². The predicted molar refractivity (Wildman–Crippen MR) is 91.9 cm³/mol. The lowest BCUT2D eigenvalue weighted by Gasteiger charge is -2.40. The Morgan fingerprint density at radius 1 is 1.08 bits per heavy atom. The number of hydrogen-bond acceptors (Lipinski definition) is 2. The average molecular weight is 457 g/mol. The average Bonchev–Trinajstić information content (AvgIpc) is 2.82.